The highest BCUT2D eigenvalue weighted by atomic mass is 19.2. The molecule has 0 aliphatic carbocycles. The molecule has 0 atom stereocenters. The van der Waals surface area contributed by atoms with Crippen LogP contribution in [0.1, 0.15) is 17.0 Å². The SMILES string of the molecule is Cc1nc(-c2ccc(F)c(F)c2)nc(C)c1CCN. The lowest BCUT2D eigenvalue weighted by Gasteiger charge is -2.10. The average Bonchev–Trinajstić information content (AvgIpc) is 2.37. The molecule has 0 bridgehead atoms. The summed E-state index contributed by atoms with van der Waals surface area (Å²) in [5, 5.41) is 0. The summed E-state index contributed by atoms with van der Waals surface area (Å²) in [5.41, 5.74) is 8.64. The summed E-state index contributed by atoms with van der Waals surface area (Å²) in [6.07, 6.45) is 0.704. The summed E-state index contributed by atoms with van der Waals surface area (Å²) in [7, 11) is 0. The summed E-state index contributed by atoms with van der Waals surface area (Å²) in [6.45, 7) is 4.25. The Kier molecular flexibility index (Phi) is 3.85. The van der Waals surface area contributed by atoms with Gasteiger partial charge in [0.05, 0.1) is 0 Å². The first-order valence-electron chi connectivity index (χ1n) is 6.02. The highest BCUT2D eigenvalue weighted by Crippen LogP contribution is 2.21. The predicted octanol–water partition coefficient (Wildman–Crippen LogP) is 2.54. The first-order valence-corrected chi connectivity index (χ1v) is 6.02. The topological polar surface area (TPSA) is 51.8 Å². The third kappa shape index (κ3) is 2.76. The lowest BCUT2D eigenvalue weighted by molar-refractivity contribution is 0.509. The summed E-state index contributed by atoms with van der Waals surface area (Å²) in [6, 6.07) is 3.65. The molecule has 0 unspecified atom stereocenters. The normalized spacial score (nSPS) is 10.8. The van der Waals surface area contributed by atoms with Gasteiger partial charge < -0.3 is 5.73 Å². The summed E-state index contributed by atoms with van der Waals surface area (Å²) in [5.74, 6) is -1.38. The number of nitrogens with two attached hydrogens (primary N) is 1. The molecular formula is C14H15F2N3. The molecule has 0 spiro atoms. The van der Waals surface area contributed by atoms with E-state index in [0.29, 0.717) is 24.4 Å². The van der Waals surface area contributed by atoms with Gasteiger partial charge in [0.15, 0.2) is 17.5 Å². The number of nitrogens with zero attached hydrogens (tertiary/aromatic N) is 2. The van der Waals surface area contributed by atoms with E-state index in [2.05, 4.69) is 9.97 Å². The Labute approximate surface area is 110 Å². The summed E-state index contributed by atoms with van der Waals surface area (Å²) in [4.78, 5) is 8.68. The Morgan fingerprint density at radius 1 is 1.05 bits per heavy atom. The maximum absolute atomic E-state index is 13.2. The van der Waals surface area contributed by atoms with Gasteiger partial charge in [0.1, 0.15) is 0 Å². The van der Waals surface area contributed by atoms with Crippen LogP contribution in [0.25, 0.3) is 11.4 Å². The molecule has 0 saturated carbocycles. The van der Waals surface area contributed by atoms with Crippen LogP contribution in [0.3, 0.4) is 0 Å². The van der Waals surface area contributed by atoms with E-state index in [1.165, 1.54) is 6.07 Å². The van der Waals surface area contributed by atoms with Crippen molar-refractivity contribution in [2.24, 2.45) is 5.73 Å². The van der Waals surface area contributed by atoms with Crippen molar-refractivity contribution in [2.75, 3.05) is 6.54 Å². The number of benzene rings is 1. The molecule has 1 aromatic heterocycles. The number of aromatic nitrogens is 2. The molecule has 5 heteroatoms. The van der Waals surface area contributed by atoms with E-state index in [9.17, 15) is 8.78 Å². The van der Waals surface area contributed by atoms with Crippen LogP contribution in [-0.2, 0) is 6.42 Å². The highest BCUT2D eigenvalue weighted by Gasteiger charge is 2.11. The Bertz CT molecular complexity index is 589. The van der Waals surface area contributed by atoms with Gasteiger partial charge >= 0.3 is 0 Å². The lowest BCUT2D eigenvalue weighted by Crippen LogP contribution is -2.09. The third-order valence-corrected chi connectivity index (χ3v) is 2.99. The van der Waals surface area contributed by atoms with Gasteiger partial charge in [0.2, 0.25) is 0 Å². The molecule has 0 fully saturated rings. The predicted molar refractivity (Wildman–Crippen MR) is 69.6 cm³/mol. The third-order valence-electron chi connectivity index (χ3n) is 2.99. The van der Waals surface area contributed by atoms with Crippen molar-refractivity contribution >= 4 is 0 Å². The molecular weight excluding hydrogens is 248 g/mol. The molecule has 0 amide bonds. The second kappa shape index (κ2) is 5.40. The van der Waals surface area contributed by atoms with Crippen LogP contribution < -0.4 is 5.73 Å². The van der Waals surface area contributed by atoms with Crippen LogP contribution in [0.4, 0.5) is 8.78 Å². The second-order valence-electron chi connectivity index (χ2n) is 4.36. The number of hydrogen-bond acceptors (Lipinski definition) is 3. The van der Waals surface area contributed by atoms with Gasteiger partial charge in [0, 0.05) is 17.0 Å². The van der Waals surface area contributed by atoms with Crippen LogP contribution in [0.5, 0.6) is 0 Å². The zero-order valence-electron chi connectivity index (χ0n) is 10.9. The van der Waals surface area contributed by atoms with Crippen molar-refractivity contribution in [1.29, 1.82) is 0 Å². The van der Waals surface area contributed by atoms with E-state index >= 15 is 0 Å². The zero-order chi connectivity index (χ0) is 14.0. The monoisotopic (exact) mass is 263 g/mol. The average molecular weight is 263 g/mol. The van der Waals surface area contributed by atoms with E-state index in [1.54, 1.807) is 0 Å². The number of halogens is 2. The van der Waals surface area contributed by atoms with E-state index in [4.69, 9.17) is 5.73 Å². The second-order valence-corrected chi connectivity index (χ2v) is 4.36. The molecule has 0 aliphatic rings. The number of hydrogen-bond donors (Lipinski definition) is 1. The maximum Gasteiger partial charge on any atom is 0.159 e. The van der Waals surface area contributed by atoms with E-state index in [0.717, 1.165) is 29.1 Å². The standard InChI is InChI=1S/C14H15F2N3/c1-8-11(5-6-17)9(2)19-14(18-8)10-3-4-12(15)13(16)7-10/h3-4,7H,5-6,17H2,1-2H3. The molecule has 100 valence electrons. The van der Waals surface area contributed by atoms with Crippen LogP contribution in [-0.4, -0.2) is 16.5 Å². The van der Waals surface area contributed by atoms with Gasteiger partial charge in [-0.25, -0.2) is 18.7 Å². The molecule has 2 N–H and O–H groups in total. The fourth-order valence-corrected chi connectivity index (χ4v) is 2.01. The molecule has 0 radical (unpaired) electrons. The Balaban J connectivity index is 2.48. The largest absolute Gasteiger partial charge is 0.330 e. The van der Waals surface area contributed by atoms with Gasteiger partial charge in [-0.05, 0) is 50.6 Å². The molecule has 3 nitrogen and oxygen atoms in total. The van der Waals surface area contributed by atoms with Gasteiger partial charge in [-0.15, -0.1) is 0 Å². The molecule has 2 aromatic rings. The maximum atomic E-state index is 13.2. The lowest BCUT2D eigenvalue weighted by atomic mass is 10.1. The van der Waals surface area contributed by atoms with E-state index in [-0.39, 0.29) is 0 Å². The Hall–Kier alpha value is -1.88. The highest BCUT2D eigenvalue weighted by molar-refractivity contribution is 5.55. The van der Waals surface area contributed by atoms with Gasteiger partial charge in [-0.2, -0.15) is 0 Å². The van der Waals surface area contributed by atoms with Crippen molar-refractivity contribution < 1.29 is 8.78 Å². The smallest absolute Gasteiger partial charge is 0.159 e. The molecule has 0 aliphatic heterocycles. The number of rotatable bonds is 3. The van der Waals surface area contributed by atoms with Crippen molar-refractivity contribution in [3.63, 3.8) is 0 Å². The summed E-state index contributed by atoms with van der Waals surface area (Å²) >= 11 is 0. The van der Waals surface area contributed by atoms with Crippen molar-refractivity contribution in [1.82, 2.24) is 9.97 Å². The summed E-state index contributed by atoms with van der Waals surface area (Å²) < 4.78 is 26.1. The van der Waals surface area contributed by atoms with Gasteiger partial charge in [-0.1, -0.05) is 0 Å². The Morgan fingerprint density at radius 2 is 1.68 bits per heavy atom. The fraction of sp³-hybridized carbons (Fsp3) is 0.286. The van der Waals surface area contributed by atoms with Crippen LogP contribution in [0.15, 0.2) is 18.2 Å². The first kappa shape index (κ1) is 13.5. The molecule has 19 heavy (non-hydrogen) atoms. The fourth-order valence-electron chi connectivity index (χ4n) is 2.01. The molecule has 1 heterocycles. The van der Waals surface area contributed by atoms with Crippen molar-refractivity contribution in [3.05, 3.63) is 46.8 Å². The number of aryl methyl sites for hydroxylation is 2. The zero-order valence-corrected chi connectivity index (χ0v) is 10.9. The molecule has 2 rings (SSSR count). The first-order chi connectivity index (χ1) is 9.02. The Morgan fingerprint density at radius 3 is 2.21 bits per heavy atom. The minimum atomic E-state index is -0.901. The minimum absolute atomic E-state index is 0.398. The van der Waals surface area contributed by atoms with Crippen molar-refractivity contribution in [3.8, 4) is 11.4 Å². The van der Waals surface area contributed by atoms with Crippen LogP contribution in [0, 0.1) is 25.5 Å². The van der Waals surface area contributed by atoms with Gasteiger partial charge in [-0.3, -0.25) is 0 Å². The van der Waals surface area contributed by atoms with E-state index < -0.39 is 11.6 Å². The van der Waals surface area contributed by atoms with Crippen LogP contribution >= 0.6 is 0 Å². The molecule has 1 aromatic carbocycles. The van der Waals surface area contributed by atoms with E-state index in [1.807, 2.05) is 13.8 Å². The van der Waals surface area contributed by atoms with Crippen molar-refractivity contribution in [2.45, 2.75) is 20.3 Å². The van der Waals surface area contributed by atoms with Gasteiger partial charge in [0.25, 0.3) is 0 Å². The van der Waals surface area contributed by atoms with Crippen LogP contribution in [0.2, 0.25) is 0 Å². The molecule has 0 saturated heterocycles. The minimum Gasteiger partial charge on any atom is -0.330 e. The quantitative estimate of drug-likeness (QED) is 0.925.